The molecule has 0 bridgehead atoms. The number of primary amides is 1. The molecule has 0 spiro atoms. The lowest BCUT2D eigenvalue weighted by atomic mass is 10.1. The lowest BCUT2D eigenvalue weighted by Crippen LogP contribution is -2.22. The van der Waals surface area contributed by atoms with Crippen LogP contribution in [0.3, 0.4) is 0 Å². The number of nitrogens with two attached hydrogens (primary N) is 2. The van der Waals surface area contributed by atoms with Crippen molar-refractivity contribution in [1.29, 1.82) is 0 Å². The number of carbonyl (C=O) groups is 1. The topological polar surface area (TPSA) is 81.1 Å². The molecule has 5 N–H and O–H groups in total. The van der Waals surface area contributed by atoms with Gasteiger partial charge in [0.15, 0.2) is 0 Å². The second-order valence-corrected chi connectivity index (χ2v) is 5.55. The van der Waals surface area contributed by atoms with E-state index in [1.807, 2.05) is 11.8 Å². The van der Waals surface area contributed by atoms with Gasteiger partial charge in [-0.3, -0.25) is 4.79 Å². The van der Waals surface area contributed by atoms with Gasteiger partial charge in [0.05, 0.1) is 16.3 Å². The molecule has 0 radical (unpaired) electrons. The van der Waals surface area contributed by atoms with Gasteiger partial charge < -0.3 is 16.8 Å². The first-order chi connectivity index (χ1) is 8.08. The number of anilines is 2. The fourth-order valence-electron chi connectivity index (χ4n) is 1.82. The number of halogens is 1. The van der Waals surface area contributed by atoms with Crippen LogP contribution >= 0.6 is 23.4 Å². The molecular weight excluding hydrogens is 258 g/mol. The van der Waals surface area contributed by atoms with E-state index in [4.69, 9.17) is 23.1 Å². The first-order valence-electron chi connectivity index (χ1n) is 5.31. The number of amides is 1. The van der Waals surface area contributed by atoms with Crippen LogP contribution in [0.2, 0.25) is 5.02 Å². The van der Waals surface area contributed by atoms with E-state index in [0.717, 1.165) is 17.9 Å². The highest BCUT2D eigenvalue weighted by Gasteiger charge is 2.20. The number of nitrogens with one attached hydrogen (secondary N) is 1. The van der Waals surface area contributed by atoms with Gasteiger partial charge >= 0.3 is 0 Å². The van der Waals surface area contributed by atoms with Gasteiger partial charge in [-0.1, -0.05) is 11.6 Å². The van der Waals surface area contributed by atoms with Crippen molar-refractivity contribution in [3.8, 4) is 0 Å². The second-order valence-electron chi connectivity index (χ2n) is 3.99. The largest absolute Gasteiger partial charge is 0.399 e. The van der Waals surface area contributed by atoms with E-state index in [0.29, 0.717) is 28.0 Å². The Morgan fingerprint density at radius 2 is 2.29 bits per heavy atom. The monoisotopic (exact) mass is 271 g/mol. The Morgan fingerprint density at radius 3 is 2.88 bits per heavy atom. The van der Waals surface area contributed by atoms with E-state index >= 15 is 0 Å². The minimum atomic E-state index is -0.521. The van der Waals surface area contributed by atoms with Crippen molar-refractivity contribution < 1.29 is 4.79 Å². The van der Waals surface area contributed by atoms with Gasteiger partial charge in [-0.2, -0.15) is 11.8 Å². The molecule has 0 aliphatic carbocycles. The number of hydrogen-bond acceptors (Lipinski definition) is 4. The quantitative estimate of drug-likeness (QED) is 0.734. The lowest BCUT2D eigenvalue weighted by molar-refractivity contribution is 0.100. The molecule has 1 amide bonds. The van der Waals surface area contributed by atoms with Crippen molar-refractivity contribution in [2.45, 2.75) is 12.5 Å². The lowest BCUT2D eigenvalue weighted by Gasteiger charge is -2.17. The summed E-state index contributed by atoms with van der Waals surface area (Å²) >= 11 is 7.98. The Hall–Kier alpha value is -1.07. The zero-order valence-electron chi connectivity index (χ0n) is 9.20. The average Bonchev–Trinajstić information content (AvgIpc) is 2.74. The van der Waals surface area contributed by atoms with Crippen molar-refractivity contribution in [3.05, 3.63) is 22.7 Å². The fourth-order valence-corrected chi connectivity index (χ4v) is 3.26. The van der Waals surface area contributed by atoms with E-state index in [-0.39, 0.29) is 0 Å². The Morgan fingerprint density at radius 1 is 1.53 bits per heavy atom. The van der Waals surface area contributed by atoms with Gasteiger partial charge in [-0.25, -0.2) is 0 Å². The molecule has 0 saturated carbocycles. The fraction of sp³-hybridized carbons (Fsp3) is 0.364. The molecule has 1 aliphatic rings. The first-order valence-corrected chi connectivity index (χ1v) is 6.84. The summed E-state index contributed by atoms with van der Waals surface area (Å²) in [5.74, 6) is 1.61. The highest BCUT2D eigenvalue weighted by molar-refractivity contribution is 7.99. The van der Waals surface area contributed by atoms with Crippen molar-refractivity contribution in [2.24, 2.45) is 5.73 Å². The molecule has 1 atom stereocenters. The number of thioether (sulfide) groups is 1. The summed E-state index contributed by atoms with van der Waals surface area (Å²) in [4.78, 5) is 11.4. The molecule has 1 fully saturated rings. The third-order valence-electron chi connectivity index (χ3n) is 2.66. The summed E-state index contributed by atoms with van der Waals surface area (Å²) in [7, 11) is 0. The van der Waals surface area contributed by atoms with Crippen molar-refractivity contribution >= 4 is 40.6 Å². The maximum Gasteiger partial charge on any atom is 0.250 e. The van der Waals surface area contributed by atoms with Crippen molar-refractivity contribution in [2.75, 3.05) is 22.6 Å². The van der Waals surface area contributed by atoms with Gasteiger partial charge in [0.1, 0.15) is 0 Å². The third-order valence-corrected chi connectivity index (χ3v) is 4.12. The first kappa shape index (κ1) is 12.4. The molecule has 1 aliphatic heterocycles. The molecule has 1 aromatic rings. The maximum absolute atomic E-state index is 11.4. The molecule has 4 nitrogen and oxygen atoms in total. The summed E-state index contributed by atoms with van der Waals surface area (Å²) in [6, 6.07) is 3.51. The summed E-state index contributed by atoms with van der Waals surface area (Å²) in [5.41, 5.74) is 12.4. The van der Waals surface area contributed by atoms with Crippen LogP contribution < -0.4 is 16.8 Å². The molecule has 17 heavy (non-hydrogen) atoms. The van der Waals surface area contributed by atoms with E-state index in [1.54, 1.807) is 12.1 Å². The van der Waals surface area contributed by atoms with Gasteiger partial charge in [0.2, 0.25) is 0 Å². The Kier molecular flexibility index (Phi) is 3.69. The molecule has 1 saturated heterocycles. The Balaban J connectivity index is 2.33. The normalized spacial score (nSPS) is 19.2. The minimum Gasteiger partial charge on any atom is -0.399 e. The summed E-state index contributed by atoms with van der Waals surface area (Å²) in [6.45, 7) is 0. The van der Waals surface area contributed by atoms with Crippen LogP contribution in [0, 0.1) is 0 Å². The van der Waals surface area contributed by atoms with Crippen molar-refractivity contribution in [1.82, 2.24) is 0 Å². The smallest absolute Gasteiger partial charge is 0.250 e. The number of carbonyl (C=O) groups excluding carboxylic acids is 1. The molecular formula is C11H14ClN3OS. The number of hydrogen-bond donors (Lipinski definition) is 3. The van der Waals surface area contributed by atoms with Gasteiger partial charge in [0, 0.05) is 17.5 Å². The zero-order chi connectivity index (χ0) is 12.4. The minimum absolute atomic E-state index is 0.333. The molecule has 1 heterocycles. The molecule has 1 unspecified atom stereocenters. The van der Waals surface area contributed by atoms with Gasteiger partial charge in [-0.15, -0.1) is 0 Å². The average molecular weight is 272 g/mol. The standard InChI is InChI=1S/C11H14ClN3OS/c12-9-4-6(13)3-8(11(14)16)10(9)15-7-1-2-17-5-7/h3-4,7,15H,1-2,5,13H2,(H2,14,16). The van der Waals surface area contributed by atoms with Gasteiger partial charge in [-0.05, 0) is 24.3 Å². The van der Waals surface area contributed by atoms with Crippen LogP contribution in [0.5, 0.6) is 0 Å². The van der Waals surface area contributed by atoms with E-state index in [2.05, 4.69) is 5.32 Å². The molecule has 0 aromatic heterocycles. The van der Waals surface area contributed by atoms with E-state index < -0.39 is 5.91 Å². The summed E-state index contributed by atoms with van der Waals surface area (Å²) in [6.07, 6.45) is 1.06. The number of rotatable bonds is 3. The van der Waals surface area contributed by atoms with Crippen LogP contribution in [0.15, 0.2) is 12.1 Å². The SMILES string of the molecule is NC(=O)c1cc(N)cc(Cl)c1NC1CCSC1. The van der Waals surface area contributed by atoms with Crippen LogP contribution in [0.1, 0.15) is 16.8 Å². The van der Waals surface area contributed by atoms with Crippen LogP contribution in [0.25, 0.3) is 0 Å². The molecule has 2 rings (SSSR count). The maximum atomic E-state index is 11.4. The third kappa shape index (κ3) is 2.79. The van der Waals surface area contributed by atoms with E-state index in [9.17, 15) is 4.79 Å². The molecule has 92 valence electrons. The van der Waals surface area contributed by atoms with Crippen molar-refractivity contribution in [3.63, 3.8) is 0 Å². The summed E-state index contributed by atoms with van der Waals surface area (Å²) < 4.78 is 0. The Bertz CT molecular complexity index is 447. The predicted octanol–water partition coefficient (Wildman–Crippen LogP) is 1.94. The Labute approximate surface area is 109 Å². The van der Waals surface area contributed by atoms with Crippen LogP contribution in [-0.2, 0) is 0 Å². The highest BCUT2D eigenvalue weighted by atomic mass is 35.5. The van der Waals surface area contributed by atoms with Crippen LogP contribution in [-0.4, -0.2) is 23.5 Å². The predicted molar refractivity (Wildman–Crippen MR) is 73.7 cm³/mol. The second kappa shape index (κ2) is 5.06. The number of nitrogen functional groups attached to an aromatic ring is 1. The van der Waals surface area contributed by atoms with Crippen LogP contribution in [0.4, 0.5) is 11.4 Å². The van der Waals surface area contributed by atoms with Gasteiger partial charge in [0.25, 0.3) is 5.91 Å². The zero-order valence-corrected chi connectivity index (χ0v) is 10.8. The highest BCUT2D eigenvalue weighted by Crippen LogP contribution is 2.31. The summed E-state index contributed by atoms with van der Waals surface area (Å²) in [5, 5.41) is 3.72. The van der Waals surface area contributed by atoms with E-state index in [1.165, 1.54) is 0 Å². The number of benzene rings is 1. The molecule has 6 heteroatoms. The molecule has 1 aromatic carbocycles.